The van der Waals surface area contributed by atoms with Gasteiger partial charge in [-0.3, -0.25) is 9.59 Å². The number of nitrogens with two attached hydrogens (primary N) is 1. The maximum Gasteiger partial charge on any atom is 0.305 e. The molecule has 0 fully saturated rings. The molecule has 102 valence electrons. The average Bonchev–Trinajstić information content (AvgIpc) is 2.28. The highest BCUT2D eigenvalue weighted by Crippen LogP contribution is 2.06. The Morgan fingerprint density at radius 1 is 1.24 bits per heavy atom. The van der Waals surface area contributed by atoms with Crippen molar-refractivity contribution in [1.29, 1.82) is 0 Å². The smallest absolute Gasteiger partial charge is 0.305 e. The number of esters is 1. The van der Waals surface area contributed by atoms with E-state index in [1.165, 1.54) is 7.11 Å². The Balaban J connectivity index is 0. The Labute approximate surface area is 113 Å². The van der Waals surface area contributed by atoms with E-state index in [1.54, 1.807) is 11.8 Å². The lowest BCUT2D eigenvalue weighted by Crippen LogP contribution is -2.32. The monoisotopic (exact) mass is 283 g/mol. The normalized spacial score (nSPS) is 11.5. The number of Topliss-reactive ketones (excluding diaryl/α,β-unsaturated/α-hetero) is 1. The number of hydrogen-bond acceptors (Lipinski definition) is 5. The molecule has 0 aromatic carbocycles. The van der Waals surface area contributed by atoms with Gasteiger partial charge in [-0.15, -0.1) is 12.4 Å². The molecule has 0 rings (SSSR count). The standard InChI is InChI=1S/C11H21NO3S.ClH/c1-15-11(14)7-5-3-4-6-10(13)9(12)8-16-2;/h9H,3-8,12H2,1-2H3;1H. The van der Waals surface area contributed by atoms with Crippen LogP contribution in [0.5, 0.6) is 0 Å². The third-order valence-corrected chi connectivity index (χ3v) is 2.98. The molecule has 0 aliphatic heterocycles. The van der Waals surface area contributed by atoms with Gasteiger partial charge in [0.25, 0.3) is 0 Å². The fourth-order valence-electron chi connectivity index (χ4n) is 1.31. The van der Waals surface area contributed by atoms with Crippen LogP contribution in [-0.2, 0) is 14.3 Å². The van der Waals surface area contributed by atoms with Crippen LogP contribution in [0.3, 0.4) is 0 Å². The molecule has 6 heteroatoms. The van der Waals surface area contributed by atoms with Crippen LogP contribution < -0.4 is 5.73 Å². The molecule has 0 amide bonds. The zero-order chi connectivity index (χ0) is 12.4. The van der Waals surface area contributed by atoms with Gasteiger partial charge in [0, 0.05) is 18.6 Å². The minimum Gasteiger partial charge on any atom is -0.469 e. The Kier molecular flexibility index (Phi) is 13.7. The summed E-state index contributed by atoms with van der Waals surface area (Å²) in [6.07, 6.45) is 5.33. The van der Waals surface area contributed by atoms with Crippen LogP contribution in [0.1, 0.15) is 32.1 Å². The van der Waals surface area contributed by atoms with Gasteiger partial charge in [0.1, 0.15) is 5.78 Å². The first-order valence-corrected chi connectivity index (χ1v) is 6.85. The number of carbonyl (C=O) groups excluding carboxylic acids is 2. The number of halogens is 1. The summed E-state index contributed by atoms with van der Waals surface area (Å²) >= 11 is 1.58. The van der Waals surface area contributed by atoms with Crippen LogP contribution in [0, 0.1) is 0 Å². The highest BCUT2D eigenvalue weighted by Gasteiger charge is 2.11. The second-order valence-corrected chi connectivity index (χ2v) is 4.58. The molecular formula is C11H22ClNO3S. The quantitative estimate of drug-likeness (QED) is 0.516. The highest BCUT2D eigenvalue weighted by molar-refractivity contribution is 7.98. The summed E-state index contributed by atoms with van der Waals surface area (Å²) in [7, 11) is 1.38. The van der Waals surface area contributed by atoms with Crippen LogP contribution in [0.25, 0.3) is 0 Å². The van der Waals surface area contributed by atoms with Crippen molar-refractivity contribution in [2.24, 2.45) is 5.73 Å². The molecule has 0 heterocycles. The molecule has 1 unspecified atom stereocenters. The van der Waals surface area contributed by atoms with Crippen molar-refractivity contribution in [3.8, 4) is 0 Å². The number of methoxy groups -OCH3 is 1. The average molecular weight is 284 g/mol. The molecule has 4 nitrogen and oxygen atoms in total. The topological polar surface area (TPSA) is 69.4 Å². The van der Waals surface area contributed by atoms with E-state index in [1.807, 2.05) is 6.26 Å². The molecule has 2 N–H and O–H groups in total. The molecule has 0 aromatic rings. The minimum absolute atomic E-state index is 0. The maximum atomic E-state index is 11.5. The lowest BCUT2D eigenvalue weighted by molar-refractivity contribution is -0.140. The van der Waals surface area contributed by atoms with E-state index in [2.05, 4.69) is 4.74 Å². The second kappa shape index (κ2) is 12.2. The van der Waals surface area contributed by atoms with Crippen LogP contribution >= 0.6 is 24.2 Å². The number of rotatable bonds is 9. The van der Waals surface area contributed by atoms with Gasteiger partial charge < -0.3 is 10.5 Å². The summed E-state index contributed by atoms with van der Waals surface area (Å²) in [6.45, 7) is 0. The van der Waals surface area contributed by atoms with Gasteiger partial charge in [-0.1, -0.05) is 6.42 Å². The molecule has 0 saturated heterocycles. The largest absolute Gasteiger partial charge is 0.469 e. The van der Waals surface area contributed by atoms with Crippen LogP contribution in [-0.4, -0.2) is 36.9 Å². The van der Waals surface area contributed by atoms with Crippen LogP contribution in [0.2, 0.25) is 0 Å². The van der Waals surface area contributed by atoms with E-state index >= 15 is 0 Å². The zero-order valence-corrected chi connectivity index (χ0v) is 12.1. The third-order valence-electron chi connectivity index (χ3n) is 2.29. The van der Waals surface area contributed by atoms with E-state index in [0.29, 0.717) is 18.6 Å². The van der Waals surface area contributed by atoms with Gasteiger partial charge in [0.05, 0.1) is 13.2 Å². The number of hydrogen-bond donors (Lipinski definition) is 1. The number of ketones is 1. The van der Waals surface area contributed by atoms with E-state index in [4.69, 9.17) is 5.73 Å². The fraction of sp³-hybridized carbons (Fsp3) is 0.818. The van der Waals surface area contributed by atoms with Gasteiger partial charge in [-0.05, 0) is 19.1 Å². The highest BCUT2D eigenvalue weighted by atomic mass is 35.5. The minimum atomic E-state index is -0.337. The Bertz CT molecular complexity index is 227. The molecule has 0 radical (unpaired) electrons. The molecule has 1 atom stereocenters. The van der Waals surface area contributed by atoms with Crippen molar-refractivity contribution in [3.63, 3.8) is 0 Å². The third kappa shape index (κ3) is 10.6. The van der Waals surface area contributed by atoms with Gasteiger partial charge >= 0.3 is 5.97 Å². The Morgan fingerprint density at radius 2 is 1.82 bits per heavy atom. The van der Waals surface area contributed by atoms with Crippen LogP contribution in [0.15, 0.2) is 0 Å². The summed E-state index contributed by atoms with van der Waals surface area (Å²) in [6, 6.07) is -0.337. The summed E-state index contributed by atoms with van der Waals surface area (Å²) in [5, 5.41) is 0. The van der Waals surface area contributed by atoms with Crippen molar-refractivity contribution in [2.75, 3.05) is 19.1 Å². The van der Waals surface area contributed by atoms with Gasteiger partial charge in [-0.25, -0.2) is 0 Å². The number of thioether (sulfide) groups is 1. The van der Waals surface area contributed by atoms with Gasteiger partial charge in [0.2, 0.25) is 0 Å². The summed E-state index contributed by atoms with van der Waals surface area (Å²) in [4.78, 5) is 22.2. The summed E-state index contributed by atoms with van der Waals surface area (Å²) in [5.41, 5.74) is 5.67. The molecule has 0 aromatic heterocycles. The molecule has 0 saturated carbocycles. The number of ether oxygens (including phenoxy) is 1. The van der Waals surface area contributed by atoms with E-state index < -0.39 is 0 Å². The lowest BCUT2D eigenvalue weighted by Gasteiger charge is -2.08. The summed E-state index contributed by atoms with van der Waals surface area (Å²) in [5.74, 6) is 0.610. The van der Waals surface area contributed by atoms with E-state index in [-0.39, 0.29) is 30.2 Å². The first-order chi connectivity index (χ1) is 7.61. The second-order valence-electron chi connectivity index (χ2n) is 3.66. The molecule has 0 aliphatic rings. The van der Waals surface area contributed by atoms with E-state index in [9.17, 15) is 9.59 Å². The predicted molar refractivity (Wildman–Crippen MR) is 73.7 cm³/mol. The Morgan fingerprint density at radius 3 is 2.35 bits per heavy atom. The molecule has 0 bridgehead atoms. The molecule has 0 spiro atoms. The van der Waals surface area contributed by atoms with Gasteiger partial charge in [0.15, 0.2) is 0 Å². The molecular weight excluding hydrogens is 262 g/mol. The fourth-order valence-corrected chi connectivity index (χ4v) is 1.85. The van der Waals surface area contributed by atoms with Crippen molar-refractivity contribution in [1.82, 2.24) is 0 Å². The number of carbonyl (C=O) groups is 2. The first kappa shape index (κ1) is 19.1. The van der Waals surface area contributed by atoms with Crippen LogP contribution in [0.4, 0.5) is 0 Å². The van der Waals surface area contributed by atoms with Gasteiger partial charge in [-0.2, -0.15) is 11.8 Å². The summed E-state index contributed by atoms with van der Waals surface area (Å²) < 4.78 is 4.52. The van der Waals surface area contributed by atoms with Crippen molar-refractivity contribution < 1.29 is 14.3 Å². The lowest BCUT2D eigenvalue weighted by atomic mass is 10.1. The van der Waals surface area contributed by atoms with Crippen molar-refractivity contribution in [2.45, 2.75) is 38.1 Å². The number of unbranched alkanes of at least 4 members (excludes halogenated alkanes) is 2. The van der Waals surface area contributed by atoms with E-state index in [0.717, 1.165) is 19.3 Å². The molecule has 17 heavy (non-hydrogen) atoms. The first-order valence-electron chi connectivity index (χ1n) is 5.45. The van der Waals surface area contributed by atoms with Crippen molar-refractivity contribution in [3.05, 3.63) is 0 Å². The zero-order valence-electron chi connectivity index (χ0n) is 10.4. The predicted octanol–water partition coefficient (Wildman–Crippen LogP) is 1.79. The SMILES string of the molecule is COC(=O)CCCCCC(=O)C(N)CSC.Cl. The van der Waals surface area contributed by atoms with Crippen molar-refractivity contribution >= 4 is 35.9 Å². The maximum absolute atomic E-state index is 11.5. The molecule has 0 aliphatic carbocycles. The Hall–Kier alpha value is -0.260.